The minimum Gasteiger partial charge on any atom is -0.497 e. The fraction of sp³-hybridized carbons (Fsp3) is 0.300. The predicted octanol–water partition coefficient (Wildman–Crippen LogP) is 4.60. The number of hydrogen-bond acceptors (Lipinski definition) is 8. The molecular formula is C20H21Cl2N3O6. The Morgan fingerprint density at radius 2 is 1.42 bits per heavy atom. The van der Waals surface area contributed by atoms with Crippen molar-refractivity contribution in [1.82, 2.24) is 0 Å². The summed E-state index contributed by atoms with van der Waals surface area (Å²) in [7, 11) is 5.77. The van der Waals surface area contributed by atoms with Gasteiger partial charge in [-0.15, -0.1) is 0 Å². The summed E-state index contributed by atoms with van der Waals surface area (Å²) in [4.78, 5) is 25.0. The Hall–Kier alpha value is -3.04. The van der Waals surface area contributed by atoms with Crippen LogP contribution in [-0.4, -0.2) is 46.2 Å². The van der Waals surface area contributed by atoms with E-state index in [0.717, 1.165) is 4.42 Å². The van der Waals surface area contributed by atoms with Crippen molar-refractivity contribution in [3.05, 3.63) is 35.4 Å². The molecule has 0 N–H and O–H groups in total. The smallest absolute Gasteiger partial charge is 0.276 e. The second kappa shape index (κ2) is 10.8. The molecule has 2 aromatic carbocycles. The summed E-state index contributed by atoms with van der Waals surface area (Å²) in [6, 6.07) is 6.13. The van der Waals surface area contributed by atoms with Crippen LogP contribution < -0.4 is 23.4 Å². The number of halogens is 2. The maximum Gasteiger partial charge on any atom is 0.276 e. The molecule has 31 heavy (non-hydrogen) atoms. The van der Waals surface area contributed by atoms with Crippen LogP contribution in [0.25, 0.3) is 0 Å². The van der Waals surface area contributed by atoms with E-state index in [0.29, 0.717) is 23.0 Å². The van der Waals surface area contributed by atoms with Crippen LogP contribution in [0.4, 0.5) is 11.4 Å². The van der Waals surface area contributed by atoms with Gasteiger partial charge in [0.15, 0.2) is 5.78 Å². The van der Waals surface area contributed by atoms with Gasteiger partial charge in [-0.25, -0.2) is 4.42 Å². The van der Waals surface area contributed by atoms with E-state index in [9.17, 15) is 9.59 Å². The van der Waals surface area contributed by atoms with Crippen molar-refractivity contribution < 1.29 is 28.5 Å². The molecule has 1 atom stereocenters. The Morgan fingerprint density at radius 1 is 0.903 bits per heavy atom. The number of benzene rings is 2. The van der Waals surface area contributed by atoms with Crippen LogP contribution in [0.2, 0.25) is 5.02 Å². The maximum atomic E-state index is 12.9. The number of amides is 1. The summed E-state index contributed by atoms with van der Waals surface area (Å²) in [5, 5.41) is 8.12. The number of azo groups is 1. The first-order valence-electron chi connectivity index (χ1n) is 8.81. The molecule has 1 unspecified atom stereocenters. The van der Waals surface area contributed by atoms with E-state index in [1.165, 1.54) is 59.6 Å². The molecule has 9 nitrogen and oxygen atoms in total. The van der Waals surface area contributed by atoms with Gasteiger partial charge in [-0.3, -0.25) is 9.59 Å². The summed E-state index contributed by atoms with van der Waals surface area (Å²) in [5.41, 5.74) is 0.500. The Labute approximate surface area is 189 Å². The van der Waals surface area contributed by atoms with Crippen LogP contribution in [-0.2, 0) is 9.59 Å². The van der Waals surface area contributed by atoms with E-state index in [2.05, 4.69) is 10.2 Å². The minimum atomic E-state index is -1.48. The minimum absolute atomic E-state index is 0.235. The van der Waals surface area contributed by atoms with E-state index in [-0.39, 0.29) is 16.4 Å². The van der Waals surface area contributed by atoms with Gasteiger partial charge in [0.05, 0.1) is 39.8 Å². The van der Waals surface area contributed by atoms with Gasteiger partial charge < -0.3 is 18.9 Å². The predicted molar refractivity (Wildman–Crippen MR) is 116 cm³/mol. The first-order valence-corrected chi connectivity index (χ1v) is 9.52. The zero-order valence-electron chi connectivity index (χ0n) is 17.5. The Kier molecular flexibility index (Phi) is 8.47. The van der Waals surface area contributed by atoms with E-state index in [4.69, 9.17) is 42.3 Å². The highest BCUT2D eigenvalue weighted by Crippen LogP contribution is 2.38. The molecule has 0 radical (unpaired) electrons. The quantitative estimate of drug-likeness (QED) is 0.302. The maximum absolute atomic E-state index is 12.9. The highest BCUT2D eigenvalue weighted by molar-refractivity contribution is 6.39. The van der Waals surface area contributed by atoms with Crippen LogP contribution in [0.5, 0.6) is 23.0 Å². The highest BCUT2D eigenvalue weighted by atomic mass is 35.5. The molecule has 0 bridgehead atoms. The lowest BCUT2D eigenvalue weighted by Crippen LogP contribution is -2.36. The van der Waals surface area contributed by atoms with Gasteiger partial charge in [-0.1, -0.05) is 11.6 Å². The molecule has 0 aliphatic rings. The molecule has 2 aromatic rings. The number of hydrogen-bond donors (Lipinski definition) is 0. The van der Waals surface area contributed by atoms with Gasteiger partial charge in [-0.2, -0.15) is 10.2 Å². The molecule has 0 aliphatic carbocycles. The lowest BCUT2D eigenvalue weighted by molar-refractivity contribution is -0.126. The zero-order chi connectivity index (χ0) is 23.1. The molecule has 0 saturated carbocycles. The standard InChI is InChI=1S/C20H21Cl2N3O6/c1-11(26)19(24-23-12-6-16(30-4)18(21)17(7-12)31-5)20(27)25(22)13-8-14(28-2)10-15(9-13)29-3/h6-10,19H,1-5H3. The number of carbonyl (C=O) groups is 2. The first-order chi connectivity index (χ1) is 14.7. The van der Waals surface area contributed by atoms with E-state index in [1.807, 2.05) is 0 Å². The van der Waals surface area contributed by atoms with Crippen molar-refractivity contribution >= 4 is 46.4 Å². The van der Waals surface area contributed by atoms with E-state index >= 15 is 0 Å². The number of ketones is 1. The van der Waals surface area contributed by atoms with Crippen molar-refractivity contribution in [2.75, 3.05) is 32.9 Å². The average molecular weight is 470 g/mol. The largest absolute Gasteiger partial charge is 0.497 e. The van der Waals surface area contributed by atoms with Gasteiger partial charge in [0.2, 0.25) is 6.04 Å². The molecule has 11 heteroatoms. The van der Waals surface area contributed by atoms with Gasteiger partial charge in [-0.05, 0) is 6.92 Å². The molecule has 2 rings (SSSR count). The summed E-state index contributed by atoms with van der Waals surface area (Å²) in [6.45, 7) is 1.21. The number of Topliss-reactive ketones (excluding diaryl/α,β-unsaturated/α-hetero) is 1. The summed E-state index contributed by atoms with van der Waals surface area (Å²) in [6.07, 6.45) is 0. The first kappa shape index (κ1) is 24.2. The highest BCUT2D eigenvalue weighted by Gasteiger charge is 2.29. The van der Waals surface area contributed by atoms with Crippen molar-refractivity contribution in [1.29, 1.82) is 0 Å². The summed E-state index contributed by atoms with van der Waals surface area (Å²) in [5.74, 6) is 0.0535. The molecule has 0 saturated heterocycles. The van der Waals surface area contributed by atoms with Gasteiger partial charge in [0.25, 0.3) is 5.91 Å². The van der Waals surface area contributed by atoms with E-state index < -0.39 is 17.7 Å². The Morgan fingerprint density at radius 3 is 1.84 bits per heavy atom. The molecule has 0 aromatic heterocycles. The number of carbonyl (C=O) groups excluding carboxylic acids is 2. The Bertz CT molecular complexity index is 952. The van der Waals surface area contributed by atoms with Gasteiger partial charge in [0.1, 0.15) is 28.0 Å². The lowest BCUT2D eigenvalue weighted by Gasteiger charge is -2.18. The second-order valence-electron chi connectivity index (χ2n) is 6.08. The third kappa shape index (κ3) is 5.77. The molecule has 0 fully saturated rings. The number of rotatable bonds is 9. The molecule has 0 aliphatic heterocycles. The van der Waals surface area contributed by atoms with Crippen LogP contribution in [0, 0.1) is 0 Å². The van der Waals surface area contributed by atoms with Crippen molar-refractivity contribution in [3.63, 3.8) is 0 Å². The number of methoxy groups -OCH3 is 4. The Balaban J connectivity index is 2.36. The topological polar surface area (TPSA) is 99.0 Å². The third-order valence-corrected chi connectivity index (χ3v) is 4.83. The van der Waals surface area contributed by atoms with Gasteiger partial charge >= 0.3 is 0 Å². The monoisotopic (exact) mass is 469 g/mol. The lowest BCUT2D eigenvalue weighted by atomic mass is 10.2. The SMILES string of the molecule is COc1cc(OC)cc(N(Cl)C(=O)C(N=Nc2cc(OC)c(Cl)c(OC)c2)C(C)=O)c1. The average Bonchev–Trinajstić information content (AvgIpc) is 2.78. The zero-order valence-corrected chi connectivity index (χ0v) is 19.0. The van der Waals surface area contributed by atoms with Gasteiger partial charge in [0, 0.05) is 42.1 Å². The normalized spacial score (nSPS) is 11.7. The van der Waals surface area contributed by atoms with Crippen LogP contribution in [0.3, 0.4) is 0 Å². The number of anilines is 1. The molecular weight excluding hydrogens is 449 g/mol. The number of ether oxygens (including phenoxy) is 4. The van der Waals surface area contributed by atoms with Crippen LogP contribution >= 0.6 is 23.4 Å². The van der Waals surface area contributed by atoms with Crippen molar-refractivity contribution in [3.8, 4) is 23.0 Å². The summed E-state index contributed by atoms with van der Waals surface area (Å²) < 4.78 is 21.4. The number of nitrogens with zero attached hydrogens (tertiary/aromatic N) is 3. The molecule has 0 heterocycles. The van der Waals surface area contributed by atoms with Crippen LogP contribution in [0.15, 0.2) is 40.6 Å². The summed E-state index contributed by atoms with van der Waals surface area (Å²) >= 11 is 12.3. The van der Waals surface area contributed by atoms with Crippen LogP contribution in [0.1, 0.15) is 6.92 Å². The third-order valence-electron chi connectivity index (χ3n) is 4.09. The van der Waals surface area contributed by atoms with Crippen molar-refractivity contribution in [2.24, 2.45) is 10.2 Å². The van der Waals surface area contributed by atoms with E-state index in [1.54, 1.807) is 6.07 Å². The molecule has 166 valence electrons. The fourth-order valence-electron chi connectivity index (χ4n) is 2.48. The van der Waals surface area contributed by atoms with Crippen molar-refractivity contribution in [2.45, 2.75) is 13.0 Å². The second-order valence-corrected chi connectivity index (χ2v) is 6.80. The molecule has 0 spiro atoms. The fourth-order valence-corrected chi connectivity index (χ4v) is 2.94. The molecule has 1 amide bonds.